The highest BCUT2D eigenvalue weighted by Crippen LogP contribution is 2.33. The zero-order valence-electron chi connectivity index (χ0n) is 16.5. The molecule has 2 heterocycles. The van der Waals surface area contributed by atoms with E-state index in [1.807, 2.05) is 55.5 Å². The van der Waals surface area contributed by atoms with Crippen molar-refractivity contribution in [3.8, 4) is 11.5 Å². The van der Waals surface area contributed by atoms with E-state index in [1.54, 1.807) is 24.7 Å². The highest BCUT2D eigenvalue weighted by Gasteiger charge is 2.09. The van der Waals surface area contributed by atoms with Crippen LogP contribution in [-0.2, 0) is 17.6 Å². The minimum atomic E-state index is 0.150. The number of pyridine rings is 2. The van der Waals surface area contributed by atoms with Crippen molar-refractivity contribution in [2.75, 3.05) is 0 Å². The van der Waals surface area contributed by atoms with Gasteiger partial charge < -0.3 is 4.74 Å². The lowest BCUT2D eigenvalue weighted by Crippen LogP contribution is -2.06. The number of carbonyl (C=O) groups excluding carboxylic acids is 1. The van der Waals surface area contributed by atoms with Crippen LogP contribution in [0.15, 0.2) is 73.2 Å². The summed E-state index contributed by atoms with van der Waals surface area (Å²) in [6.07, 6.45) is 5.85. The van der Waals surface area contributed by atoms with Crippen molar-refractivity contribution in [3.63, 3.8) is 0 Å². The Balaban J connectivity index is 1.49. The molecule has 5 nitrogen and oxygen atoms in total. The molecule has 0 unspecified atom stereocenters. The van der Waals surface area contributed by atoms with Gasteiger partial charge in [0.15, 0.2) is 5.69 Å². The summed E-state index contributed by atoms with van der Waals surface area (Å²) in [5, 5.41) is 0.797. The number of hydrogen-bond donors (Lipinski definition) is 0. The SMILES string of the molecule is [C-]#[N+]c1cc2c(Oc3ccc(CC(=O)Cc4ccncc4)cc3)ccnc2cc1C. The molecule has 0 bridgehead atoms. The number of benzene rings is 2. The lowest BCUT2D eigenvalue weighted by atomic mass is 10.0. The number of hydrogen-bond acceptors (Lipinski definition) is 4. The Morgan fingerprint density at radius 2 is 1.67 bits per heavy atom. The van der Waals surface area contributed by atoms with Crippen LogP contribution in [0.5, 0.6) is 11.5 Å². The monoisotopic (exact) mass is 393 g/mol. The Morgan fingerprint density at radius 1 is 0.967 bits per heavy atom. The summed E-state index contributed by atoms with van der Waals surface area (Å²) in [6.45, 7) is 9.23. The number of nitrogens with zero attached hydrogens (tertiary/aromatic N) is 3. The number of fused-ring (bicyclic) bond motifs is 1. The van der Waals surface area contributed by atoms with Crippen LogP contribution in [0.2, 0.25) is 0 Å². The van der Waals surface area contributed by atoms with Crippen LogP contribution in [-0.4, -0.2) is 15.8 Å². The molecule has 2 aromatic carbocycles. The van der Waals surface area contributed by atoms with Gasteiger partial charge in [-0.25, -0.2) is 4.85 Å². The molecule has 0 atom stereocenters. The smallest absolute Gasteiger partial charge is 0.191 e. The summed E-state index contributed by atoms with van der Waals surface area (Å²) in [5.41, 5.74) is 4.17. The number of aryl methyl sites for hydroxylation is 1. The van der Waals surface area contributed by atoms with Crippen LogP contribution in [0.3, 0.4) is 0 Å². The van der Waals surface area contributed by atoms with Crippen LogP contribution in [0.4, 0.5) is 5.69 Å². The van der Waals surface area contributed by atoms with E-state index >= 15 is 0 Å². The topological polar surface area (TPSA) is 56.4 Å². The summed E-state index contributed by atoms with van der Waals surface area (Å²) in [4.78, 5) is 24.2. The average molecular weight is 393 g/mol. The van der Waals surface area contributed by atoms with Crippen LogP contribution < -0.4 is 4.74 Å². The summed E-state index contributed by atoms with van der Waals surface area (Å²) in [7, 11) is 0. The number of ketones is 1. The average Bonchev–Trinajstić information content (AvgIpc) is 2.75. The van der Waals surface area contributed by atoms with Gasteiger partial charge in [0.05, 0.1) is 12.1 Å². The van der Waals surface area contributed by atoms with Crippen molar-refractivity contribution < 1.29 is 9.53 Å². The van der Waals surface area contributed by atoms with E-state index < -0.39 is 0 Å². The molecule has 0 aliphatic carbocycles. The highest BCUT2D eigenvalue weighted by atomic mass is 16.5. The summed E-state index contributed by atoms with van der Waals surface area (Å²) < 4.78 is 6.05. The van der Waals surface area contributed by atoms with Crippen molar-refractivity contribution in [3.05, 3.63) is 101 Å². The van der Waals surface area contributed by atoms with Gasteiger partial charge in [-0.3, -0.25) is 14.8 Å². The van der Waals surface area contributed by atoms with Gasteiger partial charge in [0.25, 0.3) is 0 Å². The lowest BCUT2D eigenvalue weighted by molar-refractivity contribution is -0.117. The van der Waals surface area contributed by atoms with Gasteiger partial charge in [-0.15, -0.1) is 0 Å². The molecule has 30 heavy (non-hydrogen) atoms. The fourth-order valence-electron chi connectivity index (χ4n) is 3.29. The molecule has 146 valence electrons. The van der Waals surface area contributed by atoms with Gasteiger partial charge in [0.2, 0.25) is 0 Å². The first-order valence-electron chi connectivity index (χ1n) is 9.56. The van der Waals surface area contributed by atoms with Crippen molar-refractivity contribution in [1.82, 2.24) is 9.97 Å². The third-order valence-electron chi connectivity index (χ3n) is 4.84. The van der Waals surface area contributed by atoms with Gasteiger partial charge in [-0.1, -0.05) is 12.1 Å². The molecule has 4 rings (SSSR count). The van der Waals surface area contributed by atoms with E-state index in [2.05, 4.69) is 14.8 Å². The second-order valence-electron chi connectivity index (χ2n) is 7.07. The summed E-state index contributed by atoms with van der Waals surface area (Å²) >= 11 is 0. The zero-order chi connectivity index (χ0) is 20.9. The maximum Gasteiger partial charge on any atom is 0.191 e. The zero-order valence-corrected chi connectivity index (χ0v) is 16.5. The Kier molecular flexibility index (Phi) is 5.49. The van der Waals surface area contributed by atoms with Crippen molar-refractivity contribution in [1.29, 1.82) is 0 Å². The maximum atomic E-state index is 12.3. The molecule has 2 aromatic heterocycles. The third-order valence-corrected chi connectivity index (χ3v) is 4.84. The molecule has 0 amide bonds. The first-order valence-corrected chi connectivity index (χ1v) is 9.56. The molecule has 0 N–H and O–H groups in total. The van der Waals surface area contributed by atoms with Crippen LogP contribution in [0.1, 0.15) is 16.7 Å². The molecule has 0 fully saturated rings. The Morgan fingerprint density at radius 3 is 2.37 bits per heavy atom. The Hall–Kier alpha value is -4.04. The predicted octanol–water partition coefficient (Wildman–Crippen LogP) is 5.64. The fourth-order valence-corrected chi connectivity index (χ4v) is 3.29. The second kappa shape index (κ2) is 8.54. The number of ether oxygens (including phenoxy) is 1. The van der Waals surface area contributed by atoms with E-state index in [9.17, 15) is 4.79 Å². The highest BCUT2D eigenvalue weighted by molar-refractivity contribution is 5.89. The van der Waals surface area contributed by atoms with Crippen LogP contribution in [0.25, 0.3) is 15.7 Å². The van der Waals surface area contributed by atoms with Gasteiger partial charge in [0.1, 0.15) is 17.3 Å². The first kappa shape index (κ1) is 19.3. The standard InChI is InChI=1S/C25H19N3O2/c1-17-13-24-22(16-23(17)26-2)25(9-12-28-24)30-21-5-3-18(4-6-21)14-20(29)15-19-7-10-27-11-8-19/h3-13,16H,14-15H2,1H3. The minimum absolute atomic E-state index is 0.150. The Labute approximate surface area is 174 Å². The number of rotatable bonds is 6. The minimum Gasteiger partial charge on any atom is -0.457 e. The van der Waals surface area contributed by atoms with Gasteiger partial charge in [0, 0.05) is 36.8 Å². The summed E-state index contributed by atoms with van der Waals surface area (Å²) in [5.74, 6) is 1.46. The molecule has 0 spiro atoms. The van der Waals surface area contributed by atoms with E-state index in [0.29, 0.717) is 30.0 Å². The van der Waals surface area contributed by atoms with Crippen LogP contribution >= 0.6 is 0 Å². The molecule has 0 saturated carbocycles. The molecular formula is C25H19N3O2. The first-order chi connectivity index (χ1) is 14.6. The predicted molar refractivity (Wildman–Crippen MR) is 116 cm³/mol. The Bertz CT molecular complexity index is 1240. The summed E-state index contributed by atoms with van der Waals surface area (Å²) in [6, 6.07) is 16.7. The van der Waals surface area contributed by atoms with Gasteiger partial charge >= 0.3 is 0 Å². The number of Topliss-reactive ketones (excluding diaryl/α,β-unsaturated/α-hetero) is 1. The van der Waals surface area contributed by atoms with Gasteiger partial charge in [-0.2, -0.15) is 0 Å². The normalized spacial score (nSPS) is 10.5. The molecule has 0 aliphatic heterocycles. The van der Waals surface area contributed by atoms with Crippen LogP contribution in [0, 0.1) is 13.5 Å². The largest absolute Gasteiger partial charge is 0.457 e. The quantitative estimate of drug-likeness (QED) is 0.398. The van der Waals surface area contributed by atoms with E-state index in [0.717, 1.165) is 27.6 Å². The fraction of sp³-hybridized carbons (Fsp3) is 0.120. The molecule has 0 radical (unpaired) electrons. The number of aromatic nitrogens is 2. The van der Waals surface area contributed by atoms with E-state index in [1.165, 1.54) is 0 Å². The molecule has 0 saturated heterocycles. The van der Waals surface area contributed by atoms with Crippen molar-refractivity contribution in [2.45, 2.75) is 19.8 Å². The molecule has 0 aliphatic rings. The molecular weight excluding hydrogens is 374 g/mol. The van der Waals surface area contributed by atoms with Crippen molar-refractivity contribution in [2.24, 2.45) is 0 Å². The molecule has 5 heteroatoms. The van der Waals surface area contributed by atoms with Crippen molar-refractivity contribution >= 4 is 22.4 Å². The lowest BCUT2D eigenvalue weighted by Gasteiger charge is -2.10. The number of carbonyl (C=O) groups is 1. The third kappa shape index (κ3) is 4.34. The second-order valence-corrected chi connectivity index (χ2v) is 7.07. The van der Waals surface area contributed by atoms with Gasteiger partial charge in [-0.05, 0) is 66.1 Å². The molecule has 4 aromatic rings. The van der Waals surface area contributed by atoms with E-state index in [-0.39, 0.29) is 5.78 Å². The maximum absolute atomic E-state index is 12.3. The van der Waals surface area contributed by atoms with E-state index in [4.69, 9.17) is 11.3 Å².